The van der Waals surface area contributed by atoms with Crippen molar-refractivity contribution in [3.63, 3.8) is 0 Å². The van der Waals surface area contributed by atoms with Crippen molar-refractivity contribution in [2.75, 3.05) is 0 Å². The van der Waals surface area contributed by atoms with E-state index in [2.05, 4.69) is 9.97 Å². The fourth-order valence-corrected chi connectivity index (χ4v) is 2.35. The highest BCUT2D eigenvalue weighted by atomic mass is 32.2. The summed E-state index contributed by atoms with van der Waals surface area (Å²) in [6.45, 7) is 3.81. The average molecular weight is 258 g/mol. The molecule has 0 fully saturated rings. The number of aromatic nitrogens is 2. The van der Waals surface area contributed by atoms with Crippen molar-refractivity contribution in [1.29, 1.82) is 0 Å². The molecule has 4 heteroatoms. The van der Waals surface area contributed by atoms with Gasteiger partial charge in [0.2, 0.25) is 0 Å². The van der Waals surface area contributed by atoms with Crippen LogP contribution in [0.4, 0.5) is 0 Å². The maximum atomic E-state index is 11.8. The molecule has 2 rings (SSSR count). The number of hydrogen-bond acceptors (Lipinski definition) is 4. The van der Waals surface area contributed by atoms with Gasteiger partial charge in [-0.05, 0) is 30.3 Å². The number of aryl methyl sites for hydroxylation is 1. The van der Waals surface area contributed by atoms with Gasteiger partial charge in [0.15, 0.2) is 10.9 Å². The van der Waals surface area contributed by atoms with Gasteiger partial charge in [-0.15, -0.1) is 0 Å². The van der Waals surface area contributed by atoms with E-state index in [-0.39, 0.29) is 5.78 Å². The number of carbonyl (C=O) groups excluding carboxylic acids is 1. The van der Waals surface area contributed by atoms with Crippen LogP contribution < -0.4 is 0 Å². The molecule has 0 unspecified atom stereocenters. The molecule has 1 aromatic heterocycles. The lowest BCUT2D eigenvalue weighted by Crippen LogP contribution is -1.99. The molecule has 0 radical (unpaired) electrons. The number of hydrogen-bond donors (Lipinski definition) is 0. The van der Waals surface area contributed by atoms with Crippen LogP contribution in [0.25, 0.3) is 0 Å². The van der Waals surface area contributed by atoms with Gasteiger partial charge in [-0.3, -0.25) is 4.79 Å². The normalized spacial score (nSPS) is 10.3. The molecule has 92 valence electrons. The second kappa shape index (κ2) is 5.78. The van der Waals surface area contributed by atoms with Crippen molar-refractivity contribution in [3.8, 4) is 0 Å². The maximum absolute atomic E-state index is 11.8. The van der Waals surface area contributed by atoms with Crippen LogP contribution >= 0.6 is 11.8 Å². The third-order valence-corrected chi connectivity index (χ3v) is 3.44. The molecule has 1 heterocycles. The number of ketones is 1. The molecule has 0 aliphatic rings. The molecule has 0 N–H and O–H groups in total. The number of Topliss-reactive ketones (excluding diaryl/α,β-unsaturated/α-hetero) is 1. The molecule has 0 aliphatic carbocycles. The average Bonchev–Trinajstić information content (AvgIpc) is 2.41. The summed E-state index contributed by atoms with van der Waals surface area (Å²) in [6.07, 6.45) is 4.06. The van der Waals surface area contributed by atoms with Crippen LogP contribution in [0.3, 0.4) is 0 Å². The summed E-state index contributed by atoms with van der Waals surface area (Å²) in [6, 6.07) is 7.57. The van der Waals surface area contributed by atoms with Gasteiger partial charge < -0.3 is 0 Å². The van der Waals surface area contributed by atoms with Crippen LogP contribution in [0.5, 0.6) is 0 Å². The summed E-state index contributed by atoms with van der Waals surface area (Å²) < 4.78 is 0. The number of rotatable bonds is 4. The van der Waals surface area contributed by atoms with E-state index in [0.29, 0.717) is 11.6 Å². The van der Waals surface area contributed by atoms with Gasteiger partial charge in [0.05, 0.1) is 0 Å². The quantitative estimate of drug-likeness (QED) is 0.621. The Morgan fingerprint density at radius 2 is 1.89 bits per heavy atom. The third kappa shape index (κ3) is 2.96. The minimum absolute atomic E-state index is 0.144. The number of carbonyl (C=O) groups is 1. The molecule has 2 aromatic rings. The summed E-state index contributed by atoms with van der Waals surface area (Å²) in [4.78, 5) is 21.2. The zero-order valence-electron chi connectivity index (χ0n) is 10.4. The molecule has 1 aromatic carbocycles. The Labute approximate surface area is 111 Å². The Hall–Kier alpha value is -1.68. The van der Waals surface area contributed by atoms with Gasteiger partial charge in [0.1, 0.15) is 0 Å². The van der Waals surface area contributed by atoms with Gasteiger partial charge in [-0.2, -0.15) is 0 Å². The lowest BCUT2D eigenvalue weighted by atomic mass is 10.1. The molecule has 0 bridgehead atoms. The SMILES string of the molecule is CCC(=O)c1ccccc1Sc1ncc(C)cn1. The van der Waals surface area contributed by atoms with E-state index in [1.807, 2.05) is 38.1 Å². The first kappa shape index (κ1) is 12.8. The van der Waals surface area contributed by atoms with Gasteiger partial charge >= 0.3 is 0 Å². The van der Waals surface area contributed by atoms with Crippen molar-refractivity contribution in [3.05, 3.63) is 47.8 Å². The van der Waals surface area contributed by atoms with E-state index >= 15 is 0 Å². The van der Waals surface area contributed by atoms with Crippen molar-refractivity contribution in [2.24, 2.45) is 0 Å². The largest absolute Gasteiger partial charge is 0.294 e. The molecule has 3 nitrogen and oxygen atoms in total. The number of benzene rings is 1. The summed E-state index contributed by atoms with van der Waals surface area (Å²) in [5.41, 5.74) is 1.77. The maximum Gasteiger partial charge on any atom is 0.192 e. The van der Waals surface area contributed by atoms with Gasteiger partial charge in [-0.25, -0.2) is 9.97 Å². The summed E-state index contributed by atoms with van der Waals surface area (Å²) >= 11 is 1.42. The third-order valence-electron chi connectivity index (χ3n) is 2.47. The van der Waals surface area contributed by atoms with Crippen LogP contribution in [0.15, 0.2) is 46.7 Å². The zero-order valence-corrected chi connectivity index (χ0v) is 11.2. The van der Waals surface area contributed by atoms with E-state index in [4.69, 9.17) is 0 Å². The van der Waals surface area contributed by atoms with Gasteiger partial charge in [0, 0.05) is 29.3 Å². The molecule has 0 atom stereocenters. The predicted octanol–water partition coefficient (Wildman–Crippen LogP) is 3.53. The fourth-order valence-electron chi connectivity index (χ4n) is 1.51. The first-order valence-electron chi connectivity index (χ1n) is 5.79. The monoisotopic (exact) mass is 258 g/mol. The Bertz CT molecular complexity index is 552. The van der Waals surface area contributed by atoms with E-state index < -0.39 is 0 Å². The molecular formula is C14H14N2OS. The Balaban J connectivity index is 2.28. The standard InChI is InChI=1S/C14H14N2OS/c1-3-12(17)11-6-4-5-7-13(11)18-14-15-8-10(2)9-16-14/h4-9H,3H2,1-2H3. The first-order valence-corrected chi connectivity index (χ1v) is 6.61. The molecule has 0 spiro atoms. The lowest BCUT2D eigenvalue weighted by Gasteiger charge is -2.06. The molecular weight excluding hydrogens is 244 g/mol. The van der Waals surface area contributed by atoms with E-state index in [9.17, 15) is 4.79 Å². The Kier molecular flexibility index (Phi) is 4.10. The second-order valence-electron chi connectivity index (χ2n) is 3.92. The van der Waals surface area contributed by atoms with Crippen LogP contribution in [-0.2, 0) is 0 Å². The first-order chi connectivity index (χ1) is 8.70. The second-order valence-corrected chi connectivity index (χ2v) is 4.93. The summed E-state index contributed by atoms with van der Waals surface area (Å²) in [5.74, 6) is 0.144. The number of nitrogens with zero attached hydrogens (tertiary/aromatic N) is 2. The van der Waals surface area contributed by atoms with Gasteiger partial charge in [0.25, 0.3) is 0 Å². The van der Waals surface area contributed by atoms with Gasteiger partial charge in [-0.1, -0.05) is 25.1 Å². The predicted molar refractivity (Wildman–Crippen MR) is 72.0 cm³/mol. The van der Waals surface area contributed by atoms with Crippen molar-refractivity contribution in [1.82, 2.24) is 9.97 Å². The highest BCUT2D eigenvalue weighted by Crippen LogP contribution is 2.28. The van der Waals surface area contributed by atoms with Crippen LogP contribution in [0, 0.1) is 6.92 Å². The smallest absolute Gasteiger partial charge is 0.192 e. The Morgan fingerprint density at radius 3 is 2.56 bits per heavy atom. The molecule has 0 amide bonds. The van der Waals surface area contributed by atoms with Crippen LogP contribution in [-0.4, -0.2) is 15.8 Å². The van der Waals surface area contributed by atoms with Crippen LogP contribution in [0.1, 0.15) is 29.3 Å². The minimum Gasteiger partial charge on any atom is -0.294 e. The van der Waals surface area contributed by atoms with E-state index in [1.165, 1.54) is 11.8 Å². The van der Waals surface area contributed by atoms with E-state index in [1.54, 1.807) is 12.4 Å². The molecule has 0 aliphatic heterocycles. The van der Waals surface area contributed by atoms with Crippen molar-refractivity contribution in [2.45, 2.75) is 30.3 Å². The topological polar surface area (TPSA) is 42.9 Å². The summed E-state index contributed by atoms with van der Waals surface area (Å²) in [7, 11) is 0. The highest BCUT2D eigenvalue weighted by Gasteiger charge is 2.10. The molecule has 0 saturated carbocycles. The van der Waals surface area contributed by atoms with Crippen LogP contribution in [0.2, 0.25) is 0 Å². The van der Waals surface area contributed by atoms with Crippen molar-refractivity contribution >= 4 is 17.5 Å². The molecule has 18 heavy (non-hydrogen) atoms. The highest BCUT2D eigenvalue weighted by molar-refractivity contribution is 7.99. The Morgan fingerprint density at radius 1 is 1.22 bits per heavy atom. The van der Waals surface area contributed by atoms with E-state index in [0.717, 1.165) is 16.0 Å². The van der Waals surface area contributed by atoms with Crippen molar-refractivity contribution < 1.29 is 4.79 Å². The molecule has 0 saturated heterocycles. The minimum atomic E-state index is 0.144. The zero-order chi connectivity index (χ0) is 13.0. The lowest BCUT2D eigenvalue weighted by molar-refractivity contribution is 0.0985. The summed E-state index contributed by atoms with van der Waals surface area (Å²) in [5, 5.41) is 0.664. The fraction of sp³-hybridized carbons (Fsp3) is 0.214.